The topological polar surface area (TPSA) is 120 Å². The van der Waals surface area contributed by atoms with Crippen molar-refractivity contribution in [1.29, 1.82) is 0 Å². The quantitative estimate of drug-likeness (QED) is 0.528. The monoisotopic (exact) mass is 402 g/mol. The second-order valence-corrected chi connectivity index (χ2v) is 6.53. The zero-order valence-electron chi connectivity index (χ0n) is 15.9. The zero-order chi connectivity index (χ0) is 20.8. The van der Waals surface area contributed by atoms with Crippen molar-refractivity contribution in [3.05, 3.63) is 68.3 Å². The SMILES string of the molecule is COc1ccc(C(CNc2ccc([N+](=O)[O-])cc2[N+](=O)[O-])N2CCOCC2)cc1. The second kappa shape index (κ2) is 9.30. The van der Waals surface area contributed by atoms with Crippen LogP contribution in [0.2, 0.25) is 0 Å². The maximum atomic E-state index is 11.4. The first-order valence-electron chi connectivity index (χ1n) is 9.12. The number of hydrogen-bond acceptors (Lipinski definition) is 8. The standard InChI is InChI=1S/C19H22N4O6/c1-28-16-5-2-14(3-6-16)19(21-8-10-29-11-9-21)13-20-17-7-4-15(22(24)25)12-18(17)23(26)27/h2-7,12,19-20H,8-11,13H2,1H3. The molecule has 1 unspecified atom stereocenters. The predicted octanol–water partition coefficient (Wildman–Crippen LogP) is 3.00. The molecule has 1 aliphatic heterocycles. The van der Waals surface area contributed by atoms with Crippen LogP contribution in [0, 0.1) is 20.2 Å². The van der Waals surface area contributed by atoms with Crippen LogP contribution in [0.4, 0.5) is 17.1 Å². The number of nitro groups is 2. The fraction of sp³-hybridized carbons (Fsp3) is 0.368. The smallest absolute Gasteiger partial charge is 0.299 e. The lowest BCUT2D eigenvalue weighted by molar-refractivity contribution is -0.393. The summed E-state index contributed by atoms with van der Waals surface area (Å²) in [7, 11) is 1.60. The molecule has 0 aromatic heterocycles. The van der Waals surface area contributed by atoms with E-state index >= 15 is 0 Å². The van der Waals surface area contributed by atoms with E-state index in [1.165, 1.54) is 12.1 Å². The minimum atomic E-state index is -0.648. The van der Waals surface area contributed by atoms with E-state index < -0.39 is 9.85 Å². The number of hydrogen-bond donors (Lipinski definition) is 1. The molecule has 0 aliphatic carbocycles. The number of nitro benzene ring substituents is 2. The number of methoxy groups -OCH3 is 1. The molecule has 2 aromatic rings. The summed E-state index contributed by atoms with van der Waals surface area (Å²) in [4.78, 5) is 23.3. The molecule has 1 atom stereocenters. The molecule has 2 aromatic carbocycles. The number of rotatable bonds is 8. The van der Waals surface area contributed by atoms with Gasteiger partial charge in [0.15, 0.2) is 0 Å². The van der Waals surface area contributed by atoms with Crippen LogP contribution in [-0.4, -0.2) is 54.7 Å². The Morgan fingerprint density at radius 1 is 1.10 bits per heavy atom. The molecule has 1 fully saturated rings. The van der Waals surface area contributed by atoms with Gasteiger partial charge >= 0.3 is 0 Å². The van der Waals surface area contributed by atoms with Crippen molar-refractivity contribution in [1.82, 2.24) is 4.90 Å². The molecule has 3 rings (SSSR count). The van der Waals surface area contributed by atoms with Crippen LogP contribution in [-0.2, 0) is 4.74 Å². The minimum Gasteiger partial charge on any atom is -0.497 e. The van der Waals surface area contributed by atoms with E-state index in [2.05, 4.69) is 10.2 Å². The van der Waals surface area contributed by atoms with E-state index in [0.717, 1.165) is 30.5 Å². The molecule has 1 saturated heterocycles. The molecular formula is C19H22N4O6. The molecule has 10 heteroatoms. The molecule has 154 valence electrons. The predicted molar refractivity (Wildman–Crippen MR) is 106 cm³/mol. The maximum Gasteiger partial charge on any atom is 0.299 e. The molecular weight excluding hydrogens is 380 g/mol. The first-order chi connectivity index (χ1) is 14.0. The van der Waals surface area contributed by atoms with E-state index in [0.29, 0.717) is 19.8 Å². The van der Waals surface area contributed by atoms with Gasteiger partial charge in [-0.2, -0.15) is 0 Å². The van der Waals surface area contributed by atoms with Crippen LogP contribution in [0.5, 0.6) is 5.75 Å². The Morgan fingerprint density at radius 2 is 1.79 bits per heavy atom. The van der Waals surface area contributed by atoms with Gasteiger partial charge in [-0.05, 0) is 23.8 Å². The van der Waals surface area contributed by atoms with Gasteiger partial charge in [-0.1, -0.05) is 12.1 Å². The van der Waals surface area contributed by atoms with Crippen molar-refractivity contribution < 1.29 is 19.3 Å². The van der Waals surface area contributed by atoms with Crippen LogP contribution < -0.4 is 10.1 Å². The highest BCUT2D eigenvalue weighted by molar-refractivity contribution is 5.65. The highest BCUT2D eigenvalue weighted by Gasteiger charge is 2.25. The van der Waals surface area contributed by atoms with Gasteiger partial charge in [0.2, 0.25) is 0 Å². The molecule has 10 nitrogen and oxygen atoms in total. The Labute approximate surface area is 167 Å². The third-order valence-corrected chi connectivity index (χ3v) is 4.86. The van der Waals surface area contributed by atoms with Crippen molar-refractivity contribution in [2.45, 2.75) is 6.04 Å². The lowest BCUT2D eigenvalue weighted by atomic mass is 10.0. The Morgan fingerprint density at radius 3 is 2.38 bits per heavy atom. The summed E-state index contributed by atoms with van der Waals surface area (Å²) in [5.74, 6) is 0.744. The normalized spacial score (nSPS) is 15.5. The van der Waals surface area contributed by atoms with Crippen LogP contribution in [0.25, 0.3) is 0 Å². The van der Waals surface area contributed by atoms with Crippen LogP contribution in [0.15, 0.2) is 42.5 Å². The first kappa shape index (κ1) is 20.5. The Bertz CT molecular complexity index is 868. The van der Waals surface area contributed by atoms with E-state index in [4.69, 9.17) is 9.47 Å². The summed E-state index contributed by atoms with van der Waals surface area (Å²) in [5, 5.41) is 25.4. The fourth-order valence-corrected chi connectivity index (χ4v) is 3.31. The number of morpholine rings is 1. The largest absolute Gasteiger partial charge is 0.497 e. The highest BCUT2D eigenvalue weighted by atomic mass is 16.6. The lowest BCUT2D eigenvalue weighted by Crippen LogP contribution is -2.41. The second-order valence-electron chi connectivity index (χ2n) is 6.53. The van der Waals surface area contributed by atoms with E-state index in [9.17, 15) is 20.2 Å². The Kier molecular flexibility index (Phi) is 6.57. The van der Waals surface area contributed by atoms with E-state index in [-0.39, 0.29) is 23.1 Å². The van der Waals surface area contributed by atoms with Crippen molar-refractivity contribution in [3.8, 4) is 5.75 Å². The van der Waals surface area contributed by atoms with Crippen LogP contribution in [0.1, 0.15) is 11.6 Å². The molecule has 29 heavy (non-hydrogen) atoms. The molecule has 1 aliphatic rings. The number of ether oxygens (including phenoxy) is 2. The van der Waals surface area contributed by atoms with Crippen LogP contribution >= 0.6 is 0 Å². The van der Waals surface area contributed by atoms with Gasteiger partial charge in [0, 0.05) is 25.7 Å². The number of non-ortho nitro benzene ring substituents is 1. The first-order valence-corrected chi connectivity index (χ1v) is 9.12. The highest BCUT2D eigenvalue weighted by Crippen LogP contribution is 2.31. The lowest BCUT2D eigenvalue weighted by Gasteiger charge is -2.35. The average Bonchev–Trinajstić information content (AvgIpc) is 2.75. The van der Waals surface area contributed by atoms with Crippen molar-refractivity contribution in [2.75, 3.05) is 45.3 Å². The molecule has 0 saturated carbocycles. The van der Waals surface area contributed by atoms with Gasteiger partial charge in [-0.25, -0.2) is 0 Å². The van der Waals surface area contributed by atoms with Gasteiger partial charge in [0.05, 0.1) is 42.3 Å². The van der Waals surface area contributed by atoms with Gasteiger partial charge in [-0.15, -0.1) is 0 Å². The summed E-state index contributed by atoms with van der Waals surface area (Å²) >= 11 is 0. The maximum absolute atomic E-state index is 11.4. The van der Waals surface area contributed by atoms with Gasteiger partial charge in [0.1, 0.15) is 11.4 Å². The molecule has 0 amide bonds. The summed E-state index contributed by atoms with van der Waals surface area (Å²) in [6, 6.07) is 11.2. The number of nitrogens with one attached hydrogen (secondary N) is 1. The van der Waals surface area contributed by atoms with E-state index in [1.54, 1.807) is 7.11 Å². The number of nitrogens with zero attached hydrogens (tertiary/aromatic N) is 3. The van der Waals surface area contributed by atoms with Crippen molar-refractivity contribution in [3.63, 3.8) is 0 Å². The Hall–Kier alpha value is -3.24. The summed E-state index contributed by atoms with van der Waals surface area (Å²) < 4.78 is 10.7. The average molecular weight is 402 g/mol. The number of benzene rings is 2. The van der Waals surface area contributed by atoms with E-state index in [1.807, 2.05) is 24.3 Å². The van der Waals surface area contributed by atoms with Gasteiger partial charge < -0.3 is 14.8 Å². The molecule has 0 bridgehead atoms. The van der Waals surface area contributed by atoms with Gasteiger partial charge in [-0.3, -0.25) is 25.1 Å². The molecule has 1 heterocycles. The number of anilines is 1. The fourth-order valence-electron chi connectivity index (χ4n) is 3.31. The molecule has 1 N–H and O–H groups in total. The third kappa shape index (κ3) is 4.98. The molecule has 0 spiro atoms. The van der Waals surface area contributed by atoms with Crippen LogP contribution in [0.3, 0.4) is 0 Å². The Balaban J connectivity index is 1.84. The van der Waals surface area contributed by atoms with Gasteiger partial charge in [0.25, 0.3) is 11.4 Å². The van der Waals surface area contributed by atoms with Crippen molar-refractivity contribution >= 4 is 17.1 Å². The summed E-state index contributed by atoms with van der Waals surface area (Å²) in [6.45, 7) is 3.10. The molecule has 0 radical (unpaired) electrons. The third-order valence-electron chi connectivity index (χ3n) is 4.86. The summed E-state index contributed by atoms with van der Waals surface area (Å²) in [6.07, 6.45) is 0. The van der Waals surface area contributed by atoms with Crippen molar-refractivity contribution in [2.24, 2.45) is 0 Å². The minimum absolute atomic E-state index is 0.0559. The zero-order valence-corrected chi connectivity index (χ0v) is 15.9. The summed E-state index contributed by atoms with van der Waals surface area (Å²) in [5.41, 5.74) is 0.633.